The molecule has 0 aromatic rings. The van der Waals surface area contributed by atoms with Crippen molar-refractivity contribution in [2.45, 2.75) is 25.8 Å². The predicted molar refractivity (Wildman–Crippen MR) is 74.0 cm³/mol. The van der Waals surface area contributed by atoms with Crippen LogP contribution in [0.3, 0.4) is 0 Å². The third-order valence-electron chi connectivity index (χ3n) is 3.19. The second-order valence-corrected chi connectivity index (χ2v) is 5.50. The smallest absolute Gasteiger partial charge is 0.224 e. The van der Waals surface area contributed by atoms with E-state index >= 15 is 0 Å². The fraction of sp³-hybridized carbons (Fsp3) is 0.833. The second-order valence-electron chi connectivity index (χ2n) is 4.49. The molecule has 1 N–H and O–H groups in total. The number of hydrogen-bond donors (Lipinski definition) is 1. The normalized spacial score (nSPS) is 26.4. The Morgan fingerprint density at radius 2 is 2.33 bits per heavy atom. The summed E-state index contributed by atoms with van der Waals surface area (Å²) in [6.07, 6.45) is 1.63. The van der Waals surface area contributed by atoms with Gasteiger partial charge in [0.05, 0.1) is 19.8 Å². The van der Waals surface area contributed by atoms with Crippen molar-refractivity contribution in [3.05, 3.63) is 0 Å². The molecule has 0 aromatic carbocycles. The molecular formula is C12H21N3O2S. The molecule has 1 amide bonds. The molecule has 0 radical (unpaired) electrons. The van der Waals surface area contributed by atoms with E-state index in [2.05, 4.69) is 17.2 Å². The van der Waals surface area contributed by atoms with E-state index in [1.807, 2.05) is 4.90 Å². The zero-order valence-electron chi connectivity index (χ0n) is 10.9. The first-order chi connectivity index (χ1) is 8.79. The molecule has 0 aliphatic carbocycles. The molecule has 1 unspecified atom stereocenters. The van der Waals surface area contributed by atoms with E-state index in [0.717, 1.165) is 30.4 Å². The molecule has 0 aromatic heterocycles. The van der Waals surface area contributed by atoms with Crippen LogP contribution >= 0.6 is 11.8 Å². The molecule has 0 saturated carbocycles. The van der Waals surface area contributed by atoms with Gasteiger partial charge in [0.25, 0.3) is 0 Å². The molecule has 2 aliphatic heterocycles. The van der Waals surface area contributed by atoms with Crippen LogP contribution in [-0.4, -0.2) is 60.6 Å². The van der Waals surface area contributed by atoms with Crippen LogP contribution in [0.4, 0.5) is 0 Å². The lowest BCUT2D eigenvalue weighted by molar-refractivity contribution is -0.135. The van der Waals surface area contributed by atoms with Crippen LogP contribution in [0.2, 0.25) is 0 Å². The molecule has 1 atom stereocenters. The molecule has 2 fully saturated rings. The minimum absolute atomic E-state index is 0.192. The zero-order chi connectivity index (χ0) is 12.8. The number of ether oxygens (including phenoxy) is 1. The van der Waals surface area contributed by atoms with Gasteiger partial charge in [-0.3, -0.25) is 9.79 Å². The number of hydrogen-bond acceptors (Lipinski definition) is 4. The van der Waals surface area contributed by atoms with Gasteiger partial charge in [-0.1, -0.05) is 18.7 Å². The third-order valence-corrected chi connectivity index (χ3v) is 4.28. The van der Waals surface area contributed by atoms with Crippen LogP contribution in [-0.2, 0) is 9.53 Å². The van der Waals surface area contributed by atoms with Crippen LogP contribution in [0.15, 0.2) is 4.99 Å². The Balaban J connectivity index is 1.68. The number of amidine groups is 1. The van der Waals surface area contributed by atoms with E-state index in [4.69, 9.17) is 4.74 Å². The first kappa shape index (κ1) is 13.7. The van der Waals surface area contributed by atoms with Crippen molar-refractivity contribution in [3.63, 3.8) is 0 Å². The summed E-state index contributed by atoms with van der Waals surface area (Å²) in [7, 11) is 0. The molecule has 2 heterocycles. The molecule has 6 heteroatoms. The van der Waals surface area contributed by atoms with Crippen LogP contribution in [0, 0.1) is 0 Å². The van der Waals surface area contributed by atoms with Crippen LogP contribution in [0.25, 0.3) is 0 Å². The second kappa shape index (κ2) is 6.99. The molecule has 2 rings (SSSR count). The number of morpholine rings is 1. The maximum absolute atomic E-state index is 11.9. The first-order valence-electron chi connectivity index (χ1n) is 6.59. The average molecular weight is 271 g/mol. The van der Waals surface area contributed by atoms with Gasteiger partial charge in [-0.15, -0.1) is 0 Å². The highest BCUT2D eigenvalue weighted by molar-refractivity contribution is 8.14. The fourth-order valence-corrected chi connectivity index (χ4v) is 3.08. The first-order valence-corrected chi connectivity index (χ1v) is 7.57. The molecule has 0 bridgehead atoms. The Morgan fingerprint density at radius 3 is 3.00 bits per heavy atom. The van der Waals surface area contributed by atoms with Gasteiger partial charge in [-0.05, 0) is 6.42 Å². The van der Waals surface area contributed by atoms with E-state index in [9.17, 15) is 4.79 Å². The monoisotopic (exact) mass is 271 g/mol. The lowest BCUT2D eigenvalue weighted by atomic mass is 10.3. The number of carbonyl (C=O) groups is 1. The summed E-state index contributed by atoms with van der Waals surface area (Å²) in [5, 5.41) is 4.36. The Morgan fingerprint density at radius 1 is 1.56 bits per heavy atom. The summed E-state index contributed by atoms with van der Waals surface area (Å²) >= 11 is 1.76. The molecule has 102 valence electrons. The van der Waals surface area contributed by atoms with E-state index in [1.54, 1.807) is 11.8 Å². The van der Waals surface area contributed by atoms with Gasteiger partial charge in [0.2, 0.25) is 5.91 Å². The highest BCUT2D eigenvalue weighted by Gasteiger charge is 2.19. The molecule has 2 aliphatic rings. The Labute approximate surface area is 112 Å². The summed E-state index contributed by atoms with van der Waals surface area (Å²) in [6, 6.07) is 0.545. The average Bonchev–Trinajstić information content (AvgIpc) is 2.87. The molecule has 5 nitrogen and oxygen atoms in total. The standard InChI is InChI=1S/C12H21N3O2S/c1-2-10-9-18-12(14-10)13-4-3-11(16)15-5-7-17-8-6-15/h10H,2-9H2,1H3,(H,13,14). The van der Waals surface area contributed by atoms with Crippen molar-refractivity contribution in [1.82, 2.24) is 10.2 Å². The van der Waals surface area contributed by atoms with Gasteiger partial charge < -0.3 is 15.0 Å². The Kier molecular flexibility index (Phi) is 5.31. The summed E-state index contributed by atoms with van der Waals surface area (Å²) < 4.78 is 5.22. The number of thioether (sulfide) groups is 1. The van der Waals surface area contributed by atoms with E-state index in [0.29, 0.717) is 32.2 Å². The van der Waals surface area contributed by atoms with Crippen LogP contribution < -0.4 is 5.32 Å². The fourth-order valence-electron chi connectivity index (χ4n) is 1.97. The lowest BCUT2D eigenvalue weighted by Gasteiger charge is -2.26. The highest BCUT2D eigenvalue weighted by Crippen LogP contribution is 2.15. The molecule has 2 saturated heterocycles. The van der Waals surface area contributed by atoms with Crippen molar-refractivity contribution in [2.24, 2.45) is 4.99 Å². The van der Waals surface area contributed by atoms with E-state index in [-0.39, 0.29) is 5.91 Å². The lowest BCUT2D eigenvalue weighted by Crippen LogP contribution is -2.40. The Bertz CT molecular complexity index is 316. The number of nitrogens with zero attached hydrogens (tertiary/aromatic N) is 2. The van der Waals surface area contributed by atoms with Crippen molar-refractivity contribution < 1.29 is 9.53 Å². The third kappa shape index (κ3) is 3.88. The summed E-state index contributed by atoms with van der Waals surface area (Å²) in [6.45, 7) is 5.53. The van der Waals surface area contributed by atoms with Crippen LogP contribution in [0.5, 0.6) is 0 Å². The van der Waals surface area contributed by atoms with Gasteiger partial charge in [-0.25, -0.2) is 0 Å². The van der Waals surface area contributed by atoms with Gasteiger partial charge in [0, 0.05) is 31.3 Å². The van der Waals surface area contributed by atoms with Gasteiger partial charge in [0.1, 0.15) is 0 Å². The number of nitrogens with one attached hydrogen (secondary N) is 1. The number of aliphatic imine (C=N–C) groups is 1. The maximum atomic E-state index is 11.9. The Hall–Kier alpha value is -0.750. The quantitative estimate of drug-likeness (QED) is 0.818. The van der Waals surface area contributed by atoms with Gasteiger partial charge in [-0.2, -0.15) is 0 Å². The molecule has 18 heavy (non-hydrogen) atoms. The van der Waals surface area contributed by atoms with E-state index in [1.165, 1.54) is 0 Å². The van der Waals surface area contributed by atoms with Crippen molar-refractivity contribution in [2.75, 3.05) is 38.6 Å². The van der Waals surface area contributed by atoms with Crippen LogP contribution in [0.1, 0.15) is 19.8 Å². The highest BCUT2D eigenvalue weighted by atomic mass is 32.2. The minimum Gasteiger partial charge on any atom is -0.378 e. The largest absolute Gasteiger partial charge is 0.378 e. The predicted octanol–water partition coefficient (Wildman–Crippen LogP) is 0.706. The number of amides is 1. The minimum atomic E-state index is 0.192. The van der Waals surface area contributed by atoms with Crippen molar-refractivity contribution in [3.8, 4) is 0 Å². The topological polar surface area (TPSA) is 53.9 Å². The maximum Gasteiger partial charge on any atom is 0.224 e. The van der Waals surface area contributed by atoms with E-state index < -0.39 is 0 Å². The molecule has 0 spiro atoms. The SMILES string of the molecule is CCC1CSC(=NCCC(=O)N2CCOCC2)N1. The number of carbonyl (C=O) groups excluding carboxylic acids is 1. The van der Waals surface area contributed by atoms with Crippen molar-refractivity contribution in [1.29, 1.82) is 0 Å². The summed E-state index contributed by atoms with van der Waals surface area (Å²) in [5.41, 5.74) is 0. The van der Waals surface area contributed by atoms with Gasteiger partial charge in [0.15, 0.2) is 5.17 Å². The van der Waals surface area contributed by atoms with Gasteiger partial charge >= 0.3 is 0 Å². The van der Waals surface area contributed by atoms with Crippen molar-refractivity contribution >= 4 is 22.8 Å². The summed E-state index contributed by atoms with van der Waals surface area (Å²) in [5.74, 6) is 1.28. The summed E-state index contributed by atoms with van der Waals surface area (Å²) in [4.78, 5) is 18.2. The molecular weight excluding hydrogens is 250 g/mol. The number of rotatable bonds is 4. The zero-order valence-corrected chi connectivity index (χ0v) is 11.7.